The van der Waals surface area contributed by atoms with Gasteiger partial charge >= 0.3 is 0 Å². The van der Waals surface area contributed by atoms with Crippen LogP contribution in [-0.4, -0.2) is 23.9 Å². The summed E-state index contributed by atoms with van der Waals surface area (Å²) in [5.41, 5.74) is 1.13. The number of benzene rings is 1. The fourth-order valence-corrected chi connectivity index (χ4v) is 3.34. The first-order chi connectivity index (χ1) is 8.60. The Morgan fingerprint density at radius 3 is 2.39 bits per heavy atom. The second-order valence-electron chi connectivity index (χ2n) is 4.61. The van der Waals surface area contributed by atoms with E-state index in [2.05, 4.69) is 49.3 Å². The lowest BCUT2D eigenvalue weighted by atomic mass is 10.2. The van der Waals surface area contributed by atoms with Crippen molar-refractivity contribution in [1.82, 2.24) is 5.32 Å². The number of aliphatic hydroxyl groups excluding tert-OH is 1. The highest BCUT2D eigenvalue weighted by atomic mass is 79.9. The van der Waals surface area contributed by atoms with Crippen LogP contribution in [0.1, 0.15) is 25.3 Å². The summed E-state index contributed by atoms with van der Waals surface area (Å²) in [6, 6.07) is 4.10. The maximum absolute atomic E-state index is 9.26. The molecule has 1 aromatic carbocycles. The van der Waals surface area contributed by atoms with Crippen LogP contribution in [0.15, 0.2) is 21.1 Å². The number of rotatable bonds is 6. The van der Waals surface area contributed by atoms with E-state index in [0.29, 0.717) is 6.61 Å². The summed E-state index contributed by atoms with van der Waals surface area (Å²) in [5.74, 6) is 0.838. The first-order valence-electron chi connectivity index (χ1n) is 6.07. The Bertz CT molecular complexity index is 410. The Balaban J connectivity index is 2.05. The molecule has 1 aliphatic carbocycles. The summed E-state index contributed by atoms with van der Waals surface area (Å²) in [4.78, 5) is 0. The van der Waals surface area contributed by atoms with E-state index in [0.717, 1.165) is 39.6 Å². The van der Waals surface area contributed by atoms with Crippen molar-refractivity contribution in [3.63, 3.8) is 0 Å². The van der Waals surface area contributed by atoms with Crippen LogP contribution in [0.3, 0.4) is 0 Å². The van der Waals surface area contributed by atoms with Crippen LogP contribution in [0.25, 0.3) is 0 Å². The molecule has 0 aromatic heterocycles. The molecule has 1 fully saturated rings. The lowest BCUT2D eigenvalue weighted by molar-refractivity contribution is 0.229. The molecule has 0 bridgehead atoms. The molecule has 100 valence electrons. The molecule has 1 saturated carbocycles. The molecule has 0 saturated heterocycles. The molecule has 5 heteroatoms. The molecule has 0 radical (unpaired) electrons. The van der Waals surface area contributed by atoms with Gasteiger partial charge in [0, 0.05) is 12.1 Å². The van der Waals surface area contributed by atoms with E-state index in [4.69, 9.17) is 4.74 Å². The average Bonchev–Trinajstić information content (AvgIpc) is 3.12. The fraction of sp³-hybridized carbons (Fsp3) is 0.538. The van der Waals surface area contributed by atoms with Gasteiger partial charge in [-0.25, -0.2) is 0 Å². The maximum Gasteiger partial charge on any atom is 0.147 e. The van der Waals surface area contributed by atoms with Crippen LogP contribution >= 0.6 is 31.9 Å². The van der Waals surface area contributed by atoms with Crippen LogP contribution < -0.4 is 10.1 Å². The monoisotopic (exact) mass is 377 g/mol. The molecule has 1 aromatic rings. The molecule has 0 heterocycles. The van der Waals surface area contributed by atoms with E-state index < -0.39 is 0 Å². The second kappa shape index (κ2) is 5.90. The zero-order valence-electron chi connectivity index (χ0n) is 10.3. The highest BCUT2D eigenvalue weighted by Gasteiger charge is 2.41. The SMILES string of the molecule is CCOc1c(Br)cc(CNC2(CO)CC2)cc1Br. The van der Waals surface area contributed by atoms with Crippen molar-refractivity contribution in [1.29, 1.82) is 0 Å². The van der Waals surface area contributed by atoms with Crippen LogP contribution in [0.2, 0.25) is 0 Å². The van der Waals surface area contributed by atoms with Gasteiger partial charge in [0.1, 0.15) is 5.75 Å². The fourth-order valence-electron chi connectivity index (χ4n) is 1.83. The number of ether oxygens (including phenoxy) is 1. The molecule has 2 rings (SSSR count). The minimum Gasteiger partial charge on any atom is -0.492 e. The maximum atomic E-state index is 9.26. The van der Waals surface area contributed by atoms with Crippen LogP contribution in [0.4, 0.5) is 0 Å². The van der Waals surface area contributed by atoms with Gasteiger partial charge in [-0.2, -0.15) is 0 Å². The summed E-state index contributed by atoms with van der Waals surface area (Å²) < 4.78 is 7.44. The van der Waals surface area contributed by atoms with E-state index in [-0.39, 0.29) is 12.1 Å². The van der Waals surface area contributed by atoms with E-state index in [9.17, 15) is 5.11 Å². The number of hydrogen-bond donors (Lipinski definition) is 2. The summed E-state index contributed by atoms with van der Waals surface area (Å²) in [6.45, 7) is 3.57. The van der Waals surface area contributed by atoms with Crippen molar-refractivity contribution in [2.45, 2.75) is 31.8 Å². The van der Waals surface area contributed by atoms with Crippen molar-refractivity contribution in [3.05, 3.63) is 26.6 Å². The largest absolute Gasteiger partial charge is 0.492 e. The quantitative estimate of drug-likeness (QED) is 0.798. The van der Waals surface area contributed by atoms with Gasteiger partial charge in [0.05, 0.1) is 22.2 Å². The van der Waals surface area contributed by atoms with Crippen molar-refractivity contribution in [2.24, 2.45) is 0 Å². The normalized spacial score (nSPS) is 16.7. The first-order valence-corrected chi connectivity index (χ1v) is 7.65. The third kappa shape index (κ3) is 3.26. The van der Waals surface area contributed by atoms with E-state index in [1.165, 1.54) is 0 Å². The lowest BCUT2D eigenvalue weighted by Gasteiger charge is -2.16. The van der Waals surface area contributed by atoms with Gasteiger partial charge in [-0.1, -0.05) is 0 Å². The number of nitrogens with one attached hydrogen (secondary N) is 1. The van der Waals surface area contributed by atoms with E-state index >= 15 is 0 Å². The minimum atomic E-state index is -0.0302. The van der Waals surface area contributed by atoms with E-state index in [1.807, 2.05) is 6.92 Å². The predicted octanol–water partition coefficient (Wildman–Crippen LogP) is 3.22. The highest BCUT2D eigenvalue weighted by molar-refractivity contribution is 9.11. The summed E-state index contributed by atoms with van der Waals surface area (Å²) >= 11 is 7.04. The molecule has 18 heavy (non-hydrogen) atoms. The van der Waals surface area contributed by atoms with Crippen LogP contribution in [-0.2, 0) is 6.54 Å². The molecule has 0 amide bonds. The van der Waals surface area contributed by atoms with Crippen LogP contribution in [0, 0.1) is 0 Å². The first kappa shape index (κ1) is 14.3. The number of halogens is 2. The molecular formula is C13H17Br2NO2. The van der Waals surface area contributed by atoms with Gasteiger partial charge in [0.15, 0.2) is 0 Å². The van der Waals surface area contributed by atoms with Gasteiger partial charge in [-0.05, 0) is 69.3 Å². The molecule has 1 aliphatic rings. The molecule has 2 N–H and O–H groups in total. The zero-order valence-corrected chi connectivity index (χ0v) is 13.5. The van der Waals surface area contributed by atoms with Gasteiger partial charge in [-0.15, -0.1) is 0 Å². The summed E-state index contributed by atoms with van der Waals surface area (Å²) in [6.07, 6.45) is 2.12. The summed E-state index contributed by atoms with van der Waals surface area (Å²) in [7, 11) is 0. The summed E-state index contributed by atoms with van der Waals surface area (Å²) in [5, 5.41) is 12.7. The highest BCUT2D eigenvalue weighted by Crippen LogP contribution is 2.37. The number of hydrogen-bond acceptors (Lipinski definition) is 3. The molecular weight excluding hydrogens is 362 g/mol. The van der Waals surface area contributed by atoms with E-state index in [1.54, 1.807) is 0 Å². The Morgan fingerprint density at radius 2 is 1.94 bits per heavy atom. The average molecular weight is 379 g/mol. The molecule has 0 unspecified atom stereocenters. The standard InChI is InChI=1S/C13H17Br2NO2/c1-2-18-12-10(14)5-9(6-11(12)15)7-16-13(8-17)3-4-13/h5-6,16-17H,2-4,7-8H2,1H3. The van der Waals surface area contributed by atoms with Gasteiger partial charge in [0.2, 0.25) is 0 Å². The van der Waals surface area contributed by atoms with Gasteiger partial charge in [0.25, 0.3) is 0 Å². The predicted molar refractivity (Wildman–Crippen MR) is 78.9 cm³/mol. The third-order valence-electron chi connectivity index (χ3n) is 3.17. The van der Waals surface area contributed by atoms with Gasteiger partial charge < -0.3 is 15.2 Å². The molecule has 0 spiro atoms. The Kier molecular flexibility index (Phi) is 4.69. The molecule has 0 atom stereocenters. The Labute approximate surface area is 124 Å². The second-order valence-corrected chi connectivity index (χ2v) is 6.32. The van der Waals surface area contributed by atoms with Crippen molar-refractivity contribution < 1.29 is 9.84 Å². The zero-order chi connectivity index (χ0) is 13.2. The lowest BCUT2D eigenvalue weighted by Crippen LogP contribution is -2.34. The topological polar surface area (TPSA) is 41.5 Å². The Morgan fingerprint density at radius 1 is 1.33 bits per heavy atom. The van der Waals surface area contributed by atoms with Gasteiger partial charge in [-0.3, -0.25) is 0 Å². The Hall–Kier alpha value is -0.100. The van der Waals surface area contributed by atoms with Crippen molar-refractivity contribution in [2.75, 3.05) is 13.2 Å². The number of aliphatic hydroxyl groups is 1. The smallest absolute Gasteiger partial charge is 0.147 e. The molecule has 0 aliphatic heterocycles. The third-order valence-corrected chi connectivity index (χ3v) is 4.35. The minimum absolute atomic E-state index is 0.0302. The van der Waals surface area contributed by atoms with Crippen molar-refractivity contribution in [3.8, 4) is 5.75 Å². The molecule has 3 nitrogen and oxygen atoms in total. The van der Waals surface area contributed by atoms with Crippen molar-refractivity contribution >= 4 is 31.9 Å². The van der Waals surface area contributed by atoms with Crippen LogP contribution in [0.5, 0.6) is 5.75 Å².